The van der Waals surface area contributed by atoms with E-state index >= 15 is 0 Å². The normalized spacial score (nSPS) is 18.3. The zero-order valence-electron chi connectivity index (χ0n) is 7.76. The number of aliphatic hydroxyl groups excluding tert-OH is 1. The maximum atomic E-state index is 10.7. The van der Waals surface area contributed by atoms with Gasteiger partial charge < -0.3 is 20.4 Å². The average Bonchev–Trinajstić information content (AvgIpc) is 1.98. The maximum Gasteiger partial charge on any atom is 0.338 e. The van der Waals surface area contributed by atoms with Crippen LogP contribution in [-0.2, 0) is 9.59 Å². The van der Waals surface area contributed by atoms with Gasteiger partial charge in [0.15, 0.2) is 11.7 Å². The second kappa shape index (κ2) is 3.59. The van der Waals surface area contributed by atoms with Crippen LogP contribution >= 0.6 is 0 Å². The molecule has 2 atom stereocenters. The van der Waals surface area contributed by atoms with E-state index in [1.54, 1.807) is 0 Å². The zero-order chi connectivity index (χ0) is 11.7. The van der Waals surface area contributed by atoms with Crippen LogP contribution in [0, 0.1) is 0 Å². The Kier molecular flexibility index (Phi) is 3.31. The summed E-state index contributed by atoms with van der Waals surface area (Å²) in [5.41, 5.74) is -2.93. The fraction of sp³-hybridized carbons (Fsp3) is 0.714. The first-order valence-electron chi connectivity index (χ1n) is 3.70. The van der Waals surface area contributed by atoms with Crippen LogP contribution in [0.2, 0.25) is 5.31 Å². The highest BCUT2D eigenvalue weighted by atomic mass is 16.4. The van der Waals surface area contributed by atoms with Crippen LogP contribution in [0.5, 0.6) is 0 Å². The van der Waals surface area contributed by atoms with Gasteiger partial charge in [0.1, 0.15) is 0 Å². The van der Waals surface area contributed by atoms with Crippen molar-refractivity contribution >= 4 is 19.8 Å². The van der Waals surface area contributed by atoms with Crippen LogP contribution in [0.15, 0.2) is 0 Å². The second-order valence-electron chi connectivity index (χ2n) is 3.53. The summed E-state index contributed by atoms with van der Waals surface area (Å²) < 4.78 is 0. The monoisotopic (exact) mass is 202 g/mol. The molecule has 0 saturated carbocycles. The van der Waals surface area contributed by atoms with E-state index in [2.05, 4.69) is 0 Å². The molecule has 6 nitrogen and oxygen atoms in total. The molecular weight excluding hydrogens is 191 g/mol. The Hall–Kier alpha value is -1.08. The summed E-state index contributed by atoms with van der Waals surface area (Å²) in [6.07, 6.45) is -2.49. The first-order valence-corrected chi connectivity index (χ1v) is 3.70. The third-order valence-electron chi connectivity index (χ3n) is 1.94. The molecule has 0 spiro atoms. The van der Waals surface area contributed by atoms with Crippen molar-refractivity contribution in [1.82, 2.24) is 0 Å². The minimum atomic E-state index is -2.93. The average molecular weight is 202 g/mol. The molecule has 2 radical (unpaired) electrons. The molecule has 0 heterocycles. The number of rotatable bonds is 4. The molecule has 0 aromatic carbocycles. The van der Waals surface area contributed by atoms with Crippen molar-refractivity contribution in [2.75, 3.05) is 0 Å². The number of hydrogen-bond acceptors (Lipinski definition) is 4. The summed E-state index contributed by atoms with van der Waals surface area (Å²) >= 11 is 0. The van der Waals surface area contributed by atoms with Gasteiger partial charge in [0, 0.05) is 0 Å². The number of hydrogen-bond donors (Lipinski definition) is 4. The maximum absolute atomic E-state index is 10.7. The molecule has 0 aliphatic rings. The van der Waals surface area contributed by atoms with E-state index in [0.717, 1.165) is 13.8 Å². The summed E-state index contributed by atoms with van der Waals surface area (Å²) in [6, 6.07) is 0. The lowest BCUT2D eigenvalue weighted by atomic mass is 9.58. The first-order chi connectivity index (χ1) is 6.05. The quantitative estimate of drug-likeness (QED) is 0.417. The molecular formula is C7H11BO6. The van der Waals surface area contributed by atoms with Crippen LogP contribution in [0.4, 0.5) is 0 Å². The Bertz CT molecular complexity index is 257. The van der Waals surface area contributed by atoms with Gasteiger partial charge in [-0.25, -0.2) is 9.59 Å². The third-order valence-corrected chi connectivity index (χ3v) is 1.94. The van der Waals surface area contributed by atoms with Crippen LogP contribution in [-0.4, -0.2) is 51.9 Å². The van der Waals surface area contributed by atoms with Crippen LogP contribution < -0.4 is 0 Å². The van der Waals surface area contributed by atoms with Crippen molar-refractivity contribution in [2.24, 2.45) is 0 Å². The Morgan fingerprint density at radius 2 is 1.64 bits per heavy atom. The number of carbonyl (C=O) groups is 2. The molecule has 0 amide bonds. The number of aliphatic carboxylic acids is 2. The highest BCUT2D eigenvalue weighted by molar-refractivity contribution is 6.18. The van der Waals surface area contributed by atoms with Crippen molar-refractivity contribution in [3.63, 3.8) is 0 Å². The molecule has 78 valence electrons. The third kappa shape index (κ3) is 1.88. The number of aliphatic hydroxyl groups is 2. The number of carboxylic acid groups (broad SMARTS) is 2. The largest absolute Gasteiger partial charge is 0.479 e. The summed E-state index contributed by atoms with van der Waals surface area (Å²) in [6.45, 7) is 2.21. The van der Waals surface area contributed by atoms with E-state index in [-0.39, 0.29) is 0 Å². The van der Waals surface area contributed by atoms with Gasteiger partial charge in [0.25, 0.3) is 0 Å². The second-order valence-corrected chi connectivity index (χ2v) is 3.53. The summed E-state index contributed by atoms with van der Waals surface area (Å²) in [4.78, 5) is 21.0. The fourth-order valence-electron chi connectivity index (χ4n) is 0.924. The smallest absolute Gasteiger partial charge is 0.338 e. The molecule has 4 N–H and O–H groups in total. The molecule has 0 aliphatic carbocycles. The Morgan fingerprint density at radius 1 is 1.29 bits per heavy atom. The van der Waals surface area contributed by atoms with Crippen molar-refractivity contribution in [2.45, 2.75) is 30.9 Å². The van der Waals surface area contributed by atoms with Crippen molar-refractivity contribution in [1.29, 1.82) is 0 Å². The summed E-state index contributed by atoms with van der Waals surface area (Å²) in [5, 5.41) is 33.8. The SMILES string of the molecule is [B]C(C)(C)C(O)(C(=O)O)C(O)C(=O)O. The van der Waals surface area contributed by atoms with Crippen LogP contribution in [0.25, 0.3) is 0 Å². The molecule has 0 aliphatic heterocycles. The molecule has 0 bridgehead atoms. The molecule has 0 saturated heterocycles. The van der Waals surface area contributed by atoms with E-state index in [9.17, 15) is 14.7 Å². The summed E-state index contributed by atoms with van der Waals surface area (Å²) in [5.74, 6) is -3.74. The van der Waals surface area contributed by atoms with E-state index < -0.39 is 29.0 Å². The van der Waals surface area contributed by atoms with E-state index in [0.29, 0.717) is 0 Å². The van der Waals surface area contributed by atoms with E-state index in [1.165, 1.54) is 0 Å². The first kappa shape index (κ1) is 12.9. The fourth-order valence-corrected chi connectivity index (χ4v) is 0.924. The molecule has 0 fully saturated rings. The van der Waals surface area contributed by atoms with Gasteiger partial charge >= 0.3 is 11.9 Å². The minimum absolute atomic E-state index is 1.10. The molecule has 14 heavy (non-hydrogen) atoms. The Labute approximate surface area is 81.6 Å². The molecule has 0 aromatic heterocycles. The molecule has 0 aromatic rings. The Balaban J connectivity index is 5.33. The predicted octanol–water partition coefficient (Wildman–Crippen LogP) is -1.39. The Morgan fingerprint density at radius 3 is 1.71 bits per heavy atom. The lowest BCUT2D eigenvalue weighted by Gasteiger charge is -2.38. The summed E-state index contributed by atoms with van der Waals surface area (Å²) in [7, 11) is 5.30. The number of carboxylic acids is 2. The lowest BCUT2D eigenvalue weighted by molar-refractivity contribution is -0.188. The standard InChI is InChI=1S/C7H11BO6/c1-6(2,8)7(14,5(12)13)3(9)4(10)11/h3,9,14H,1-2H3,(H,10,11)(H,12,13). The minimum Gasteiger partial charge on any atom is -0.479 e. The van der Waals surface area contributed by atoms with Crippen molar-refractivity contribution in [3.8, 4) is 0 Å². The van der Waals surface area contributed by atoms with Gasteiger partial charge in [-0.05, 0) is 5.31 Å². The molecule has 2 unspecified atom stereocenters. The van der Waals surface area contributed by atoms with Gasteiger partial charge in [-0.2, -0.15) is 0 Å². The highest BCUT2D eigenvalue weighted by Gasteiger charge is 2.55. The van der Waals surface area contributed by atoms with Gasteiger partial charge in [-0.1, -0.05) is 13.8 Å². The zero-order valence-corrected chi connectivity index (χ0v) is 7.76. The van der Waals surface area contributed by atoms with Gasteiger partial charge in [-0.15, -0.1) is 0 Å². The predicted molar refractivity (Wildman–Crippen MR) is 46.0 cm³/mol. The van der Waals surface area contributed by atoms with Gasteiger partial charge in [0.05, 0.1) is 7.85 Å². The van der Waals surface area contributed by atoms with Crippen molar-refractivity contribution < 1.29 is 30.0 Å². The highest BCUT2D eigenvalue weighted by Crippen LogP contribution is 2.37. The van der Waals surface area contributed by atoms with Crippen LogP contribution in [0.3, 0.4) is 0 Å². The topological polar surface area (TPSA) is 115 Å². The lowest BCUT2D eigenvalue weighted by Crippen LogP contribution is -2.59. The van der Waals surface area contributed by atoms with Crippen molar-refractivity contribution in [3.05, 3.63) is 0 Å². The van der Waals surface area contributed by atoms with Crippen LogP contribution in [0.1, 0.15) is 13.8 Å². The van der Waals surface area contributed by atoms with Gasteiger partial charge in [-0.3, -0.25) is 0 Å². The van der Waals surface area contributed by atoms with Gasteiger partial charge in [0.2, 0.25) is 0 Å². The van der Waals surface area contributed by atoms with E-state index in [4.69, 9.17) is 23.2 Å². The molecule has 7 heteroatoms. The van der Waals surface area contributed by atoms with E-state index in [1.807, 2.05) is 0 Å². The molecule has 0 rings (SSSR count).